The number of halogens is 1. The molecule has 2 rings (SSSR count). The lowest BCUT2D eigenvalue weighted by molar-refractivity contribution is 0.162. The maximum absolute atomic E-state index is 6.07. The lowest BCUT2D eigenvalue weighted by Gasteiger charge is -2.35. The predicted octanol–water partition coefficient (Wildman–Crippen LogP) is 1.90. The summed E-state index contributed by atoms with van der Waals surface area (Å²) in [6, 6.07) is 4.23. The van der Waals surface area contributed by atoms with Crippen LogP contribution in [-0.2, 0) is 6.54 Å². The van der Waals surface area contributed by atoms with E-state index < -0.39 is 0 Å². The van der Waals surface area contributed by atoms with Gasteiger partial charge in [0, 0.05) is 30.9 Å². The highest BCUT2D eigenvalue weighted by Crippen LogP contribution is 2.20. The Morgan fingerprint density at radius 3 is 3.12 bits per heavy atom. The summed E-state index contributed by atoms with van der Waals surface area (Å²) >= 11 is 6.04. The van der Waals surface area contributed by atoms with Crippen LogP contribution in [0.15, 0.2) is 18.3 Å². The van der Waals surface area contributed by atoms with Gasteiger partial charge >= 0.3 is 0 Å². The van der Waals surface area contributed by atoms with Gasteiger partial charge in [0.25, 0.3) is 0 Å². The number of nitrogens with zero attached hydrogens (tertiary/aromatic N) is 2. The standard InChI is InChI=1S/C12H18ClN3/c1-9-4-6-16(8-11(9)14)7-10-3-2-5-15-12(10)13/h2-3,5,9,11H,4,6-8,14H2,1H3. The minimum absolute atomic E-state index is 0.282. The second kappa shape index (κ2) is 5.13. The molecule has 1 aromatic heterocycles. The molecule has 1 aliphatic heterocycles. The highest BCUT2D eigenvalue weighted by Gasteiger charge is 2.23. The van der Waals surface area contributed by atoms with E-state index in [1.165, 1.54) is 6.42 Å². The van der Waals surface area contributed by atoms with E-state index in [1.54, 1.807) is 6.20 Å². The number of aromatic nitrogens is 1. The fraction of sp³-hybridized carbons (Fsp3) is 0.583. The molecule has 4 heteroatoms. The van der Waals surface area contributed by atoms with Gasteiger partial charge in [-0.25, -0.2) is 4.98 Å². The predicted molar refractivity (Wildman–Crippen MR) is 66.3 cm³/mol. The van der Waals surface area contributed by atoms with Crippen molar-refractivity contribution in [1.29, 1.82) is 0 Å². The maximum atomic E-state index is 6.07. The number of piperidine rings is 1. The van der Waals surface area contributed by atoms with Gasteiger partial charge in [-0.2, -0.15) is 0 Å². The Balaban J connectivity index is 1.98. The summed E-state index contributed by atoms with van der Waals surface area (Å²) in [4.78, 5) is 6.44. The first-order chi connectivity index (χ1) is 7.66. The van der Waals surface area contributed by atoms with Crippen molar-refractivity contribution < 1.29 is 0 Å². The van der Waals surface area contributed by atoms with Crippen LogP contribution < -0.4 is 5.73 Å². The van der Waals surface area contributed by atoms with Gasteiger partial charge in [0.2, 0.25) is 0 Å². The zero-order valence-corrected chi connectivity index (χ0v) is 10.3. The van der Waals surface area contributed by atoms with Crippen LogP contribution in [-0.4, -0.2) is 29.0 Å². The van der Waals surface area contributed by atoms with Crippen molar-refractivity contribution in [2.45, 2.75) is 25.9 Å². The normalized spacial score (nSPS) is 26.9. The molecular formula is C12H18ClN3. The van der Waals surface area contributed by atoms with E-state index in [4.69, 9.17) is 17.3 Å². The Kier molecular flexibility index (Phi) is 3.79. The van der Waals surface area contributed by atoms with Crippen LogP contribution in [0.5, 0.6) is 0 Å². The third-order valence-electron chi connectivity index (χ3n) is 3.33. The Labute approximate surface area is 102 Å². The maximum Gasteiger partial charge on any atom is 0.133 e. The van der Waals surface area contributed by atoms with Crippen molar-refractivity contribution in [2.75, 3.05) is 13.1 Å². The molecule has 1 fully saturated rings. The van der Waals surface area contributed by atoms with E-state index in [-0.39, 0.29) is 6.04 Å². The average molecular weight is 240 g/mol. The molecule has 1 saturated heterocycles. The summed E-state index contributed by atoms with van der Waals surface area (Å²) in [7, 11) is 0. The number of likely N-dealkylation sites (tertiary alicyclic amines) is 1. The second-order valence-electron chi connectivity index (χ2n) is 4.62. The van der Waals surface area contributed by atoms with E-state index in [0.29, 0.717) is 11.1 Å². The summed E-state index contributed by atoms with van der Waals surface area (Å²) in [5, 5.41) is 0.606. The smallest absolute Gasteiger partial charge is 0.133 e. The molecular weight excluding hydrogens is 222 g/mol. The summed E-state index contributed by atoms with van der Waals surface area (Å²) in [6.07, 6.45) is 2.88. The van der Waals surface area contributed by atoms with Gasteiger partial charge in [-0.1, -0.05) is 24.6 Å². The minimum Gasteiger partial charge on any atom is -0.326 e. The van der Waals surface area contributed by atoms with Crippen molar-refractivity contribution >= 4 is 11.6 Å². The van der Waals surface area contributed by atoms with Crippen LogP contribution in [0.1, 0.15) is 18.9 Å². The first-order valence-corrected chi connectivity index (χ1v) is 6.12. The van der Waals surface area contributed by atoms with Crippen LogP contribution in [0.25, 0.3) is 0 Å². The van der Waals surface area contributed by atoms with Crippen molar-refractivity contribution in [3.8, 4) is 0 Å². The van der Waals surface area contributed by atoms with Gasteiger partial charge in [-0.15, -0.1) is 0 Å². The molecule has 3 nitrogen and oxygen atoms in total. The Bertz CT molecular complexity index is 356. The fourth-order valence-corrected chi connectivity index (χ4v) is 2.27. The number of hydrogen-bond donors (Lipinski definition) is 1. The zero-order chi connectivity index (χ0) is 11.5. The molecule has 2 atom stereocenters. The van der Waals surface area contributed by atoms with Crippen LogP contribution in [0.4, 0.5) is 0 Å². The summed E-state index contributed by atoms with van der Waals surface area (Å²) < 4.78 is 0. The lowest BCUT2D eigenvalue weighted by Crippen LogP contribution is -2.47. The fourth-order valence-electron chi connectivity index (χ4n) is 2.09. The van der Waals surface area contributed by atoms with Gasteiger partial charge in [-0.3, -0.25) is 4.90 Å². The summed E-state index contributed by atoms with van der Waals surface area (Å²) in [5.41, 5.74) is 7.16. The quantitative estimate of drug-likeness (QED) is 0.802. The summed E-state index contributed by atoms with van der Waals surface area (Å²) in [5.74, 6) is 0.626. The monoisotopic (exact) mass is 239 g/mol. The molecule has 0 spiro atoms. The molecule has 0 bridgehead atoms. The molecule has 1 aromatic rings. The van der Waals surface area contributed by atoms with Crippen molar-refractivity contribution in [1.82, 2.24) is 9.88 Å². The lowest BCUT2D eigenvalue weighted by atomic mass is 9.94. The van der Waals surface area contributed by atoms with Crippen LogP contribution in [0.2, 0.25) is 5.15 Å². The Hall–Kier alpha value is -0.640. The zero-order valence-electron chi connectivity index (χ0n) is 9.56. The van der Waals surface area contributed by atoms with E-state index in [1.807, 2.05) is 12.1 Å². The van der Waals surface area contributed by atoms with Gasteiger partial charge in [0.05, 0.1) is 0 Å². The molecule has 2 unspecified atom stereocenters. The first kappa shape index (κ1) is 11.8. The van der Waals surface area contributed by atoms with E-state index in [0.717, 1.165) is 25.2 Å². The van der Waals surface area contributed by atoms with Crippen LogP contribution in [0, 0.1) is 5.92 Å². The SMILES string of the molecule is CC1CCN(Cc2cccnc2Cl)CC1N. The number of hydrogen-bond acceptors (Lipinski definition) is 3. The first-order valence-electron chi connectivity index (χ1n) is 5.74. The van der Waals surface area contributed by atoms with Gasteiger partial charge < -0.3 is 5.73 Å². The molecule has 1 aliphatic rings. The highest BCUT2D eigenvalue weighted by atomic mass is 35.5. The molecule has 0 aromatic carbocycles. The topological polar surface area (TPSA) is 42.2 Å². The third-order valence-corrected chi connectivity index (χ3v) is 3.67. The van der Waals surface area contributed by atoms with E-state index in [9.17, 15) is 0 Å². The number of pyridine rings is 1. The Morgan fingerprint density at radius 2 is 2.44 bits per heavy atom. The molecule has 2 N–H and O–H groups in total. The molecule has 0 aliphatic carbocycles. The molecule has 0 saturated carbocycles. The minimum atomic E-state index is 0.282. The Morgan fingerprint density at radius 1 is 1.62 bits per heavy atom. The molecule has 0 amide bonds. The summed E-state index contributed by atoms with van der Waals surface area (Å²) in [6.45, 7) is 5.12. The van der Waals surface area contributed by atoms with E-state index in [2.05, 4.69) is 16.8 Å². The molecule has 2 heterocycles. The number of rotatable bonds is 2. The highest BCUT2D eigenvalue weighted by molar-refractivity contribution is 6.30. The molecule has 0 radical (unpaired) electrons. The van der Waals surface area contributed by atoms with Crippen LogP contribution in [0.3, 0.4) is 0 Å². The van der Waals surface area contributed by atoms with Gasteiger partial charge in [0.15, 0.2) is 0 Å². The average Bonchev–Trinajstić information content (AvgIpc) is 2.27. The second-order valence-corrected chi connectivity index (χ2v) is 4.98. The van der Waals surface area contributed by atoms with Gasteiger partial charge in [0.1, 0.15) is 5.15 Å². The van der Waals surface area contributed by atoms with Crippen molar-refractivity contribution in [2.24, 2.45) is 11.7 Å². The van der Waals surface area contributed by atoms with E-state index >= 15 is 0 Å². The number of nitrogens with two attached hydrogens (primary N) is 1. The third kappa shape index (κ3) is 2.73. The largest absolute Gasteiger partial charge is 0.326 e. The molecule has 88 valence electrons. The van der Waals surface area contributed by atoms with Crippen molar-refractivity contribution in [3.63, 3.8) is 0 Å². The van der Waals surface area contributed by atoms with Crippen LogP contribution >= 0.6 is 11.6 Å². The van der Waals surface area contributed by atoms with Crippen molar-refractivity contribution in [3.05, 3.63) is 29.0 Å². The van der Waals surface area contributed by atoms with Gasteiger partial charge in [-0.05, 0) is 24.9 Å². The molecule has 16 heavy (non-hydrogen) atoms.